The van der Waals surface area contributed by atoms with Crippen molar-refractivity contribution in [2.75, 3.05) is 26.8 Å². The molecule has 0 amide bonds. The van der Waals surface area contributed by atoms with Crippen LogP contribution >= 0.6 is 0 Å². The first-order chi connectivity index (χ1) is 7.33. The van der Waals surface area contributed by atoms with Gasteiger partial charge in [0.25, 0.3) is 0 Å². The molecule has 0 radical (unpaired) electrons. The quantitative estimate of drug-likeness (QED) is 0.508. The molecule has 0 aliphatic rings. The van der Waals surface area contributed by atoms with Crippen molar-refractivity contribution in [3.63, 3.8) is 0 Å². The van der Waals surface area contributed by atoms with E-state index < -0.39 is 0 Å². The number of hydrogen-bond acceptors (Lipinski definition) is 2. The van der Waals surface area contributed by atoms with Crippen LogP contribution in [-0.2, 0) is 4.74 Å². The van der Waals surface area contributed by atoms with Crippen LogP contribution in [-0.4, -0.2) is 26.8 Å². The Balaban J connectivity index is 3.96. The highest BCUT2D eigenvalue weighted by Crippen LogP contribution is 2.30. The van der Waals surface area contributed by atoms with Gasteiger partial charge < -0.3 is 10.1 Å². The highest BCUT2D eigenvalue weighted by molar-refractivity contribution is 4.93. The minimum Gasteiger partial charge on any atom is -0.383 e. The zero-order chi connectivity index (χ0) is 12.7. The third-order valence-electron chi connectivity index (χ3n) is 2.95. The summed E-state index contributed by atoms with van der Waals surface area (Å²) in [6, 6.07) is 0. The molecular formula is C14H29NO. The molecule has 1 unspecified atom stereocenters. The molecule has 0 aromatic heterocycles. The number of hydrogen-bond donors (Lipinski definition) is 1. The average Bonchev–Trinajstić information content (AvgIpc) is 2.21. The zero-order valence-corrected chi connectivity index (χ0v) is 11.7. The second-order valence-corrected chi connectivity index (χ2v) is 6.09. The van der Waals surface area contributed by atoms with E-state index in [1.165, 1.54) is 12.8 Å². The summed E-state index contributed by atoms with van der Waals surface area (Å²) >= 11 is 0. The molecule has 0 fully saturated rings. The lowest BCUT2D eigenvalue weighted by molar-refractivity contribution is 0.193. The summed E-state index contributed by atoms with van der Waals surface area (Å²) in [6.07, 6.45) is 4.49. The van der Waals surface area contributed by atoms with Gasteiger partial charge >= 0.3 is 0 Å². The Labute approximate surface area is 101 Å². The molecule has 2 heteroatoms. The summed E-state index contributed by atoms with van der Waals surface area (Å²) in [5.74, 6) is 0. The maximum atomic E-state index is 5.02. The van der Waals surface area contributed by atoms with Crippen molar-refractivity contribution in [3.05, 3.63) is 12.7 Å². The van der Waals surface area contributed by atoms with Crippen molar-refractivity contribution in [3.8, 4) is 0 Å². The molecule has 2 nitrogen and oxygen atoms in total. The maximum absolute atomic E-state index is 5.02. The van der Waals surface area contributed by atoms with E-state index in [4.69, 9.17) is 4.74 Å². The Kier molecular flexibility index (Phi) is 6.93. The van der Waals surface area contributed by atoms with Gasteiger partial charge in [0.15, 0.2) is 0 Å². The van der Waals surface area contributed by atoms with E-state index >= 15 is 0 Å². The van der Waals surface area contributed by atoms with Crippen LogP contribution in [0.15, 0.2) is 12.7 Å². The van der Waals surface area contributed by atoms with Gasteiger partial charge in [0.1, 0.15) is 0 Å². The van der Waals surface area contributed by atoms with Gasteiger partial charge in [-0.1, -0.05) is 33.8 Å². The molecule has 0 aliphatic carbocycles. The normalized spacial score (nSPS) is 15.8. The van der Waals surface area contributed by atoms with Gasteiger partial charge in [-0.2, -0.15) is 0 Å². The monoisotopic (exact) mass is 227 g/mol. The van der Waals surface area contributed by atoms with E-state index in [0.29, 0.717) is 5.41 Å². The molecule has 0 aromatic rings. The second kappa shape index (κ2) is 7.08. The Morgan fingerprint density at radius 3 is 2.25 bits per heavy atom. The van der Waals surface area contributed by atoms with Gasteiger partial charge in [0, 0.05) is 20.2 Å². The first kappa shape index (κ1) is 15.7. The molecule has 0 aromatic carbocycles. The van der Waals surface area contributed by atoms with Gasteiger partial charge in [0.2, 0.25) is 0 Å². The van der Waals surface area contributed by atoms with Crippen LogP contribution in [0.4, 0.5) is 0 Å². The van der Waals surface area contributed by atoms with E-state index in [-0.39, 0.29) is 5.41 Å². The molecule has 0 aliphatic heterocycles. The fraction of sp³-hybridized carbons (Fsp3) is 0.857. The van der Waals surface area contributed by atoms with E-state index in [2.05, 4.69) is 45.7 Å². The van der Waals surface area contributed by atoms with Gasteiger partial charge in [-0.15, -0.1) is 6.58 Å². The molecule has 0 heterocycles. The summed E-state index contributed by atoms with van der Waals surface area (Å²) in [5, 5.41) is 3.42. The summed E-state index contributed by atoms with van der Waals surface area (Å²) < 4.78 is 5.02. The van der Waals surface area contributed by atoms with E-state index in [1.54, 1.807) is 7.11 Å². The van der Waals surface area contributed by atoms with Crippen molar-refractivity contribution >= 4 is 0 Å². The van der Waals surface area contributed by atoms with Gasteiger partial charge in [-0.3, -0.25) is 0 Å². The molecule has 0 bridgehead atoms. The minimum atomic E-state index is 0.195. The van der Waals surface area contributed by atoms with Crippen LogP contribution in [0.5, 0.6) is 0 Å². The van der Waals surface area contributed by atoms with Crippen LogP contribution in [0.1, 0.15) is 40.5 Å². The lowest BCUT2D eigenvalue weighted by Crippen LogP contribution is -2.33. The third-order valence-corrected chi connectivity index (χ3v) is 2.95. The standard InChI is InChI=1S/C14H29NO/c1-7-14(5,9-8-13(2,3)4)12-15-10-11-16-6/h7,15H,1,8-12H2,2-6H3. The molecule has 1 N–H and O–H groups in total. The fourth-order valence-corrected chi connectivity index (χ4v) is 1.47. The average molecular weight is 227 g/mol. The number of methoxy groups -OCH3 is 1. The second-order valence-electron chi connectivity index (χ2n) is 6.09. The van der Waals surface area contributed by atoms with Gasteiger partial charge in [-0.05, 0) is 23.7 Å². The van der Waals surface area contributed by atoms with Crippen molar-refractivity contribution in [2.24, 2.45) is 10.8 Å². The van der Waals surface area contributed by atoms with E-state index in [1.807, 2.05) is 0 Å². The SMILES string of the molecule is C=CC(C)(CCC(C)(C)C)CNCCOC. The smallest absolute Gasteiger partial charge is 0.0587 e. The Hall–Kier alpha value is -0.340. The van der Waals surface area contributed by atoms with Crippen LogP contribution < -0.4 is 5.32 Å². The molecule has 0 spiro atoms. The Bertz CT molecular complexity index is 195. The predicted molar refractivity (Wildman–Crippen MR) is 71.7 cm³/mol. The van der Waals surface area contributed by atoms with Crippen LogP contribution in [0.25, 0.3) is 0 Å². The van der Waals surface area contributed by atoms with Crippen molar-refractivity contribution < 1.29 is 4.74 Å². The lowest BCUT2D eigenvalue weighted by atomic mass is 9.79. The predicted octanol–water partition coefficient (Wildman–Crippen LogP) is 3.24. The first-order valence-corrected chi connectivity index (χ1v) is 6.16. The summed E-state index contributed by atoms with van der Waals surface area (Å²) in [5.41, 5.74) is 0.595. The van der Waals surface area contributed by atoms with Gasteiger partial charge in [-0.25, -0.2) is 0 Å². The summed E-state index contributed by atoms with van der Waals surface area (Å²) in [6.45, 7) is 15.8. The highest BCUT2D eigenvalue weighted by Gasteiger charge is 2.22. The highest BCUT2D eigenvalue weighted by atomic mass is 16.5. The molecule has 0 saturated carbocycles. The molecule has 0 rings (SSSR count). The van der Waals surface area contributed by atoms with Crippen molar-refractivity contribution in [1.82, 2.24) is 5.32 Å². The first-order valence-electron chi connectivity index (χ1n) is 6.16. The van der Waals surface area contributed by atoms with E-state index in [0.717, 1.165) is 19.7 Å². The number of nitrogens with one attached hydrogen (secondary N) is 1. The van der Waals surface area contributed by atoms with Crippen LogP contribution in [0.2, 0.25) is 0 Å². The number of ether oxygens (including phenoxy) is 1. The molecule has 1 atom stereocenters. The van der Waals surface area contributed by atoms with Crippen molar-refractivity contribution in [1.29, 1.82) is 0 Å². The third kappa shape index (κ3) is 7.89. The van der Waals surface area contributed by atoms with Crippen molar-refractivity contribution in [2.45, 2.75) is 40.5 Å². The maximum Gasteiger partial charge on any atom is 0.0587 e. The summed E-state index contributed by atoms with van der Waals surface area (Å²) in [4.78, 5) is 0. The molecule has 0 saturated heterocycles. The lowest BCUT2D eigenvalue weighted by Gasteiger charge is -2.30. The fourth-order valence-electron chi connectivity index (χ4n) is 1.47. The summed E-state index contributed by atoms with van der Waals surface area (Å²) in [7, 11) is 1.73. The molecule has 16 heavy (non-hydrogen) atoms. The van der Waals surface area contributed by atoms with Crippen LogP contribution in [0.3, 0.4) is 0 Å². The zero-order valence-electron chi connectivity index (χ0n) is 11.7. The van der Waals surface area contributed by atoms with Gasteiger partial charge in [0.05, 0.1) is 6.61 Å². The largest absolute Gasteiger partial charge is 0.383 e. The molecule has 96 valence electrons. The van der Waals surface area contributed by atoms with Crippen LogP contribution in [0, 0.1) is 10.8 Å². The molecular weight excluding hydrogens is 198 g/mol. The van der Waals surface area contributed by atoms with E-state index in [9.17, 15) is 0 Å². The minimum absolute atomic E-state index is 0.195. The Morgan fingerprint density at radius 1 is 1.19 bits per heavy atom. The topological polar surface area (TPSA) is 21.3 Å². The Morgan fingerprint density at radius 2 is 1.81 bits per heavy atom. The number of rotatable bonds is 8.